The van der Waals surface area contributed by atoms with Crippen molar-refractivity contribution in [1.82, 2.24) is 10.2 Å². The van der Waals surface area contributed by atoms with Crippen LogP contribution in [0.2, 0.25) is 0 Å². The van der Waals surface area contributed by atoms with Gasteiger partial charge in [-0.25, -0.2) is 8.42 Å². The van der Waals surface area contributed by atoms with Crippen LogP contribution in [0.5, 0.6) is 5.75 Å². The molecule has 49 heavy (non-hydrogen) atoms. The fraction of sp³-hybridized carbons (Fsp3) is 0.350. The topological polar surface area (TPSA) is 96.0 Å². The first-order valence-electron chi connectivity index (χ1n) is 17.0. The zero-order valence-corrected chi connectivity index (χ0v) is 29.7. The van der Waals surface area contributed by atoms with Crippen molar-refractivity contribution in [2.45, 2.75) is 82.8 Å². The van der Waals surface area contributed by atoms with E-state index in [0.717, 1.165) is 54.4 Å². The third kappa shape index (κ3) is 9.09. The van der Waals surface area contributed by atoms with Crippen LogP contribution in [0.15, 0.2) is 102 Å². The van der Waals surface area contributed by atoms with Crippen molar-refractivity contribution < 1.29 is 22.7 Å². The number of carbonyl (C=O) groups excluding carboxylic acids is 2. The van der Waals surface area contributed by atoms with Crippen LogP contribution in [0, 0.1) is 20.8 Å². The van der Waals surface area contributed by atoms with E-state index in [-0.39, 0.29) is 29.8 Å². The lowest BCUT2D eigenvalue weighted by molar-refractivity contribution is -0.140. The molecule has 1 atom stereocenters. The molecule has 0 spiro atoms. The number of rotatable bonds is 13. The van der Waals surface area contributed by atoms with E-state index in [1.807, 2.05) is 87.5 Å². The Morgan fingerprint density at radius 1 is 0.816 bits per heavy atom. The SMILES string of the molecule is COc1cccc(CN(C(=O)CN(c2cc(C)ccc2C)S(=O)(=O)c2ccc(C)cc2)C(Cc2ccccc2)C(=O)NC2CCCCC2)c1. The average molecular weight is 682 g/mol. The fourth-order valence-electron chi connectivity index (χ4n) is 6.40. The number of sulfonamides is 1. The van der Waals surface area contributed by atoms with Gasteiger partial charge in [0.05, 0.1) is 17.7 Å². The molecule has 4 aromatic rings. The number of nitrogens with zero attached hydrogens (tertiary/aromatic N) is 2. The van der Waals surface area contributed by atoms with E-state index in [9.17, 15) is 18.0 Å². The second-order valence-corrected chi connectivity index (χ2v) is 14.9. The number of hydrogen-bond acceptors (Lipinski definition) is 5. The van der Waals surface area contributed by atoms with Gasteiger partial charge in [0.25, 0.3) is 10.0 Å². The van der Waals surface area contributed by atoms with Crippen molar-refractivity contribution in [2.75, 3.05) is 18.0 Å². The fourth-order valence-corrected chi connectivity index (χ4v) is 7.88. The standard InChI is InChI=1S/C40H47N3O5S/c1-29-19-22-36(23-20-29)49(46,47)43(37-24-30(2)18-21-31(37)3)28-39(44)42(27-33-14-11-17-35(25-33)48-4)38(26-32-12-7-5-8-13-32)40(45)41-34-15-9-6-10-16-34/h5,7-8,11-14,17-25,34,38H,6,9-10,15-16,26-28H2,1-4H3,(H,41,45). The highest BCUT2D eigenvalue weighted by atomic mass is 32.2. The molecule has 0 aromatic heterocycles. The van der Waals surface area contributed by atoms with Gasteiger partial charge in [0.2, 0.25) is 11.8 Å². The Morgan fingerprint density at radius 3 is 2.18 bits per heavy atom. The van der Waals surface area contributed by atoms with Gasteiger partial charge in [0.15, 0.2) is 0 Å². The number of methoxy groups -OCH3 is 1. The van der Waals surface area contributed by atoms with Crippen molar-refractivity contribution in [1.29, 1.82) is 0 Å². The van der Waals surface area contributed by atoms with Gasteiger partial charge in [-0.2, -0.15) is 0 Å². The van der Waals surface area contributed by atoms with Gasteiger partial charge >= 0.3 is 0 Å². The average Bonchev–Trinajstić information content (AvgIpc) is 3.10. The Kier molecular flexibility index (Phi) is 11.8. The summed E-state index contributed by atoms with van der Waals surface area (Å²) in [5.74, 6) is -0.110. The monoisotopic (exact) mass is 681 g/mol. The van der Waals surface area contributed by atoms with Crippen LogP contribution in [-0.4, -0.2) is 50.9 Å². The summed E-state index contributed by atoms with van der Waals surface area (Å²) in [6.45, 7) is 5.20. The summed E-state index contributed by atoms with van der Waals surface area (Å²) in [6, 6.07) is 28.3. The third-order valence-electron chi connectivity index (χ3n) is 9.23. The van der Waals surface area contributed by atoms with Gasteiger partial charge in [-0.3, -0.25) is 13.9 Å². The van der Waals surface area contributed by atoms with Crippen molar-refractivity contribution >= 4 is 27.5 Å². The zero-order valence-electron chi connectivity index (χ0n) is 28.9. The smallest absolute Gasteiger partial charge is 0.264 e. The maximum atomic E-state index is 14.9. The predicted octanol–water partition coefficient (Wildman–Crippen LogP) is 6.90. The van der Waals surface area contributed by atoms with Crippen LogP contribution in [0.25, 0.3) is 0 Å². The second kappa shape index (κ2) is 16.2. The van der Waals surface area contributed by atoms with E-state index in [2.05, 4.69) is 5.32 Å². The quantitative estimate of drug-likeness (QED) is 0.166. The van der Waals surface area contributed by atoms with E-state index in [1.54, 1.807) is 42.3 Å². The lowest BCUT2D eigenvalue weighted by Crippen LogP contribution is -2.55. The summed E-state index contributed by atoms with van der Waals surface area (Å²) in [6.07, 6.45) is 5.28. The largest absolute Gasteiger partial charge is 0.497 e. The van der Waals surface area contributed by atoms with Crippen LogP contribution in [0.1, 0.15) is 59.9 Å². The number of hydrogen-bond donors (Lipinski definition) is 1. The molecule has 1 aliphatic rings. The molecule has 1 N–H and O–H groups in total. The van der Waals surface area contributed by atoms with E-state index >= 15 is 0 Å². The Bertz CT molecular complexity index is 1840. The van der Waals surface area contributed by atoms with E-state index in [0.29, 0.717) is 17.0 Å². The van der Waals surface area contributed by atoms with Crippen LogP contribution in [0.4, 0.5) is 5.69 Å². The number of amides is 2. The normalized spacial score (nSPS) is 14.1. The molecule has 0 aliphatic heterocycles. The predicted molar refractivity (Wildman–Crippen MR) is 194 cm³/mol. The summed E-state index contributed by atoms with van der Waals surface area (Å²) >= 11 is 0. The molecule has 0 heterocycles. The maximum Gasteiger partial charge on any atom is 0.264 e. The molecule has 5 rings (SSSR count). The molecule has 1 aliphatic carbocycles. The van der Waals surface area contributed by atoms with E-state index in [4.69, 9.17) is 4.74 Å². The van der Waals surface area contributed by atoms with Gasteiger partial charge in [0, 0.05) is 19.0 Å². The van der Waals surface area contributed by atoms with Gasteiger partial charge < -0.3 is 15.0 Å². The Balaban J connectivity index is 1.59. The van der Waals surface area contributed by atoms with Gasteiger partial charge in [0.1, 0.15) is 18.3 Å². The minimum absolute atomic E-state index is 0.0293. The minimum Gasteiger partial charge on any atom is -0.497 e. The Hall–Kier alpha value is -4.63. The van der Waals surface area contributed by atoms with Crippen molar-refractivity contribution in [3.8, 4) is 5.75 Å². The first-order chi connectivity index (χ1) is 23.5. The van der Waals surface area contributed by atoms with Crippen molar-refractivity contribution in [3.05, 3.63) is 125 Å². The zero-order chi connectivity index (χ0) is 35.0. The van der Waals surface area contributed by atoms with Crippen LogP contribution >= 0.6 is 0 Å². The first kappa shape index (κ1) is 35.7. The molecular formula is C40H47N3O5S. The van der Waals surface area contributed by atoms with Crippen LogP contribution in [-0.2, 0) is 32.6 Å². The highest BCUT2D eigenvalue weighted by Gasteiger charge is 2.36. The molecule has 8 nitrogen and oxygen atoms in total. The molecule has 2 amide bonds. The number of aryl methyl sites for hydroxylation is 3. The molecule has 0 saturated heterocycles. The highest BCUT2D eigenvalue weighted by molar-refractivity contribution is 7.92. The molecule has 9 heteroatoms. The molecule has 1 saturated carbocycles. The van der Waals surface area contributed by atoms with E-state index < -0.39 is 28.5 Å². The van der Waals surface area contributed by atoms with Crippen molar-refractivity contribution in [3.63, 3.8) is 0 Å². The molecule has 1 fully saturated rings. The van der Waals surface area contributed by atoms with Crippen LogP contribution < -0.4 is 14.4 Å². The second-order valence-electron chi connectivity index (χ2n) is 13.0. The Labute approximate surface area is 291 Å². The summed E-state index contributed by atoms with van der Waals surface area (Å²) in [5, 5.41) is 3.26. The minimum atomic E-state index is -4.18. The summed E-state index contributed by atoms with van der Waals surface area (Å²) in [7, 11) is -2.61. The molecule has 0 bridgehead atoms. The molecule has 0 radical (unpaired) electrons. The summed E-state index contributed by atoms with van der Waals surface area (Å²) in [5.41, 5.74) is 4.57. The Morgan fingerprint density at radius 2 is 1.49 bits per heavy atom. The van der Waals surface area contributed by atoms with Gasteiger partial charge in [-0.15, -0.1) is 0 Å². The third-order valence-corrected chi connectivity index (χ3v) is 11.0. The van der Waals surface area contributed by atoms with E-state index in [1.165, 1.54) is 4.31 Å². The van der Waals surface area contributed by atoms with Gasteiger partial charge in [-0.05, 0) is 86.2 Å². The molecule has 4 aromatic carbocycles. The maximum absolute atomic E-state index is 14.9. The van der Waals surface area contributed by atoms with Crippen molar-refractivity contribution in [2.24, 2.45) is 0 Å². The van der Waals surface area contributed by atoms with Crippen LogP contribution in [0.3, 0.4) is 0 Å². The number of carbonyl (C=O) groups is 2. The molecular weight excluding hydrogens is 635 g/mol. The number of anilines is 1. The summed E-state index contributed by atoms with van der Waals surface area (Å²) < 4.78 is 35.5. The highest BCUT2D eigenvalue weighted by Crippen LogP contribution is 2.29. The molecule has 1 unspecified atom stereocenters. The lowest BCUT2D eigenvalue weighted by atomic mass is 9.94. The molecule has 258 valence electrons. The lowest BCUT2D eigenvalue weighted by Gasteiger charge is -2.35. The first-order valence-corrected chi connectivity index (χ1v) is 18.4. The summed E-state index contributed by atoms with van der Waals surface area (Å²) in [4.78, 5) is 30.8. The number of nitrogens with one attached hydrogen (secondary N) is 1. The van der Waals surface area contributed by atoms with Gasteiger partial charge in [-0.1, -0.05) is 91.6 Å². The number of ether oxygens (including phenoxy) is 1. The number of benzene rings is 4.